The number of aromatic nitrogens is 4. The fourth-order valence-electron chi connectivity index (χ4n) is 3.13. The van der Waals surface area contributed by atoms with Crippen molar-refractivity contribution < 1.29 is 0 Å². The Hall–Kier alpha value is -3.03. The summed E-state index contributed by atoms with van der Waals surface area (Å²) in [6.07, 6.45) is 1.59. The van der Waals surface area contributed by atoms with E-state index in [2.05, 4.69) is 21.0 Å². The molecule has 0 saturated heterocycles. The van der Waals surface area contributed by atoms with Crippen LogP contribution in [0, 0.1) is 0 Å². The summed E-state index contributed by atoms with van der Waals surface area (Å²) in [4.78, 5) is 19.2. The molecule has 5 nitrogen and oxygen atoms in total. The number of fused-ring (bicyclic) bond motifs is 1. The van der Waals surface area contributed by atoms with Gasteiger partial charge in [-0.2, -0.15) is 5.10 Å². The largest absolute Gasteiger partial charge is 0.269 e. The maximum atomic E-state index is 13.4. The molecule has 28 heavy (non-hydrogen) atoms. The van der Waals surface area contributed by atoms with E-state index < -0.39 is 0 Å². The number of thiophene rings is 1. The number of nitrogens with zero attached hydrogens (tertiary/aromatic N) is 4. The molecule has 0 amide bonds. The third-order valence-electron chi connectivity index (χ3n) is 4.43. The third-order valence-corrected chi connectivity index (χ3v) is 5.82. The van der Waals surface area contributed by atoms with Gasteiger partial charge in [0.25, 0.3) is 5.56 Å². The zero-order valence-electron chi connectivity index (χ0n) is 14.5. The molecule has 0 N–H and O–H groups in total. The molecular weight excluding hydrogens is 436 g/mol. The molecule has 0 atom stereocenters. The van der Waals surface area contributed by atoms with E-state index in [4.69, 9.17) is 4.98 Å². The summed E-state index contributed by atoms with van der Waals surface area (Å²) in [5.74, 6) is 0.604. The van der Waals surface area contributed by atoms with Gasteiger partial charge in [-0.1, -0.05) is 40.2 Å². The summed E-state index contributed by atoms with van der Waals surface area (Å²) in [6, 6.07) is 21.3. The van der Waals surface area contributed by atoms with Crippen LogP contribution in [-0.4, -0.2) is 19.3 Å². The Balaban J connectivity index is 1.85. The van der Waals surface area contributed by atoms with Crippen molar-refractivity contribution in [2.75, 3.05) is 0 Å². The lowest BCUT2D eigenvalue weighted by Gasteiger charge is -2.12. The van der Waals surface area contributed by atoms with Crippen LogP contribution in [-0.2, 0) is 0 Å². The van der Waals surface area contributed by atoms with E-state index in [1.165, 1.54) is 0 Å². The van der Waals surface area contributed by atoms with Crippen LogP contribution >= 0.6 is 27.3 Å². The summed E-state index contributed by atoms with van der Waals surface area (Å²) >= 11 is 5.00. The summed E-state index contributed by atoms with van der Waals surface area (Å²) in [7, 11) is 0. The maximum absolute atomic E-state index is 13.4. The highest BCUT2D eigenvalue weighted by atomic mass is 79.9. The van der Waals surface area contributed by atoms with E-state index in [0.717, 1.165) is 20.7 Å². The lowest BCUT2D eigenvalue weighted by atomic mass is 10.2. The molecule has 0 unspecified atom stereocenters. The van der Waals surface area contributed by atoms with Crippen LogP contribution in [0.3, 0.4) is 0 Å². The smallest absolute Gasteiger partial charge is 0.268 e. The Kier molecular flexibility index (Phi) is 4.18. The average molecular weight is 449 g/mol. The van der Waals surface area contributed by atoms with Crippen LogP contribution in [0.1, 0.15) is 0 Å². The van der Waals surface area contributed by atoms with Crippen molar-refractivity contribution in [2.24, 2.45) is 0 Å². The van der Waals surface area contributed by atoms with Crippen molar-refractivity contribution in [2.45, 2.75) is 0 Å². The van der Waals surface area contributed by atoms with Gasteiger partial charge in [0.05, 0.1) is 22.4 Å². The zero-order chi connectivity index (χ0) is 19.1. The molecule has 3 heterocycles. The summed E-state index contributed by atoms with van der Waals surface area (Å²) < 4.78 is 4.31. The van der Waals surface area contributed by atoms with Crippen LogP contribution < -0.4 is 5.56 Å². The van der Waals surface area contributed by atoms with E-state index in [9.17, 15) is 4.79 Å². The molecule has 0 bridgehead atoms. The van der Waals surface area contributed by atoms with Crippen molar-refractivity contribution in [1.29, 1.82) is 0 Å². The van der Waals surface area contributed by atoms with Gasteiger partial charge in [-0.15, -0.1) is 11.3 Å². The molecule has 7 heteroatoms. The van der Waals surface area contributed by atoms with Gasteiger partial charge in [0.15, 0.2) is 11.5 Å². The maximum Gasteiger partial charge on any atom is 0.269 e. The topological polar surface area (TPSA) is 52.7 Å². The van der Waals surface area contributed by atoms with Crippen LogP contribution in [0.5, 0.6) is 0 Å². The van der Waals surface area contributed by atoms with Gasteiger partial charge in [-0.05, 0) is 47.8 Å². The predicted molar refractivity (Wildman–Crippen MR) is 115 cm³/mol. The van der Waals surface area contributed by atoms with Crippen molar-refractivity contribution in [1.82, 2.24) is 19.3 Å². The molecule has 0 aliphatic heterocycles. The van der Waals surface area contributed by atoms with E-state index in [1.807, 2.05) is 72.1 Å². The molecule has 0 aliphatic carbocycles. The molecule has 5 aromatic rings. The fraction of sp³-hybridized carbons (Fsp3) is 0. The molecular formula is C21H13BrN4OS. The summed E-state index contributed by atoms with van der Waals surface area (Å²) in [6.45, 7) is 0. The second kappa shape index (κ2) is 6.85. The Morgan fingerprint density at radius 1 is 0.893 bits per heavy atom. The van der Waals surface area contributed by atoms with Gasteiger partial charge < -0.3 is 0 Å². The van der Waals surface area contributed by atoms with Crippen molar-refractivity contribution >= 4 is 38.3 Å². The van der Waals surface area contributed by atoms with Gasteiger partial charge in [0.2, 0.25) is 0 Å². The van der Waals surface area contributed by atoms with Gasteiger partial charge in [-0.3, -0.25) is 9.36 Å². The highest BCUT2D eigenvalue weighted by molar-refractivity contribution is 9.10. The van der Waals surface area contributed by atoms with E-state index in [-0.39, 0.29) is 5.56 Å². The number of hydrogen-bond donors (Lipinski definition) is 0. The minimum atomic E-state index is -0.141. The van der Waals surface area contributed by atoms with Crippen molar-refractivity contribution in [3.05, 3.63) is 93.1 Å². The lowest BCUT2D eigenvalue weighted by Crippen LogP contribution is -2.21. The SMILES string of the molecule is O=c1c2cnn(-c3ccccc3)c2nc(-c2cccs2)n1-c1ccc(Br)cc1. The number of hydrogen-bond acceptors (Lipinski definition) is 4. The Morgan fingerprint density at radius 3 is 2.39 bits per heavy atom. The lowest BCUT2D eigenvalue weighted by molar-refractivity contribution is 0.889. The summed E-state index contributed by atoms with van der Waals surface area (Å²) in [5, 5.41) is 6.89. The first-order valence-electron chi connectivity index (χ1n) is 8.58. The number of benzene rings is 2. The van der Waals surface area contributed by atoms with E-state index >= 15 is 0 Å². The second-order valence-corrected chi connectivity index (χ2v) is 8.02. The molecule has 2 aromatic carbocycles. The molecule has 0 fully saturated rings. The minimum absolute atomic E-state index is 0.141. The van der Waals surface area contributed by atoms with Crippen molar-refractivity contribution in [3.63, 3.8) is 0 Å². The van der Waals surface area contributed by atoms with Crippen LogP contribution in [0.15, 0.2) is 87.6 Å². The summed E-state index contributed by atoms with van der Waals surface area (Å²) in [5.41, 5.74) is 2.03. The molecule has 0 radical (unpaired) electrons. The quantitative estimate of drug-likeness (QED) is 0.387. The van der Waals surface area contributed by atoms with Crippen LogP contribution in [0.2, 0.25) is 0 Å². The second-order valence-electron chi connectivity index (χ2n) is 6.16. The van der Waals surface area contributed by atoms with Gasteiger partial charge in [-0.25, -0.2) is 9.67 Å². The highest BCUT2D eigenvalue weighted by Crippen LogP contribution is 2.27. The Morgan fingerprint density at radius 2 is 1.68 bits per heavy atom. The molecule has 136 valence electrons. The van der Waals surface area contributed by atoms with E-state index in [1.54, 1.807) is 26.8 Å². The number of para-hydroxylation sites is 1. The normalized spacial score (nSPS) is 11.2. The number of halogens is 1. The van der Waals surface area contributed by atoms with Crippen LogP contribution in [0.25, 0.3) is 33.1 Å². The molecule has 0 saturated carbocycles. The fourth-order valence-corrected chi connectivity index (χ4v) is 4.09. The average Bonchev–Trinajstić information content (AvgIpc) is 3.39. The van der Waals surface area contributed by atoms with E-state index in [0.29, 0.717) is 16.9 Å². The monoisotopic (exact) mass is 448 g/mol. The van der Waals surface area contributed by atoms with Gasteiger partial charge >= 0.3 is 0 Å². The first kappa shape index (κ1) is 17.1. The first-order valence-corrected chi connectivity index (χ1v) is 10.3. The molecule has 0 aliphatic rings. The predicted octanol–water partition coefficient (Wildman–Crippen LogP) is 5.06. The molecule has 5 rings (SSSR count). The Bertz CT molecular complexity index is 1320. The van der Waals surface area contributed by atoms with Crippen LogP contribution in [0.4, 0.5) is 0 Å². The third kappa shape index (κ3) is 2.80. The highest BCUT2D eigenvalue weighted by Gasteiger charge is 2.18. The van der Waals surface area contributed by atoms with Gasteiger partial charge in [0, 0.05) is 4.47 Å². The molecule has 0 spiro atoms. The number of rotatable bonds is 3. The molecule has 3 aromatic heterocycles. The first-order chi connectivity index (χ1) is 13.7. The van der Waals surface area contributed by atoms with Gasteiger partial charge in [0.1, 0.15) is 5.39 Å². The van der Waals surface area contributed by atoms with Crippen molar-refractivity contribution in [3.8, 4) is 22.1 Å². The standard InChI is InChI=1S/C21H13BrN4OS/c22-14-8-10-15(11-9-14)25-20(18-7-4-12-28-18)24-19-17(21(25)27)13-23-26(19)16-5-2-1-3-6-16/h1-13H. The Labute approximate surface area is 172 Å². The minimum Gasteiger partial charge on any atom is -0.268 e. The zero-order valence-corrected chi connectivity index (χ0v) is 16.9.